The van der Waals surface area contributed by atoms with Crippen molar-refractivity contribution in [1.29, 1.82) is 0 Å². The molecule has 2 aromatic carbocycles. The van der Waals surface area contributed by atoms with Gasteiger partial charge in [-0.15, -0.1) is 0 Å². The van der Waals surface area contributed by atoms with Crippen molar-refractivity contribution in [3.05, 3.63) is 60.2 Å². The summed E-state index contributed by atoms with van der Waals surface area (Å²) in [6.45, 7) is 2.43. The number of para-hydroxylation sites is 2. The molecule has 0 saturated heterocycles. The topological polar surface area (TPSA) is 32.3 Å². The van der Waals surface area contributed by atoms with Crippen molar-refractivity contribution in [2.75, 3.05) is 23.3 Å². The van der Waals surface area contributed by atoms with E-state index in [1.807, 2.05) is 37.3 Å². The summed E-state index contributed by atoms with van der Waals surface area (Å²) in [6.07, 6.45) is -4.51. The molecule has 0 aliphatic heterocycles. The van der Waals surface area contributed by atoms with Crippen molar-refractivity contribution >= 4 is 17.3 Å². The predicted octanol–water partition coefficient (Wildman–Crippen LogP) is 4.17. The smallest absolute Gasteiger partial charge is 0.362 e. The number of halogens is 3. The summed E-state index contributed by atoms with van der Waals surface area (Å²) in [7, 11) is 0. The molecule has 0 aromatic heterocycles. The zero-order chi connectivity index (χ0) is 16.9. The number of nitrogens with one attached hydrogen (secondary N) is 1. The van der Waals surface area contributed by atoms with E-state index in [4.69, 9.17) is 0 Å². The van der Waals surface area contributed by atoms with Crippen LogP contribution >= 0.6 is 0 Å². The fourth-order valence-corrected chi connectivity index (χ4v) is 2.23. The molecule has 122 valence electrons. The van der Waals surface area contributed by atoms with E-state index in [1.54, 1.807) is 4.90 Å². The third-order valence-corrected chi connectivity index (χ3v) is 3.34. The van der Waals surface area contributed by atoms with Gasteiger partial charge in [-0.2, -0.15) is 13.2 Å². The fraction of sp³-hybridized carbons (Fsp3) is 0.235. The second-order valence-electron chi connectivity index (χ2n) is 4.94. The quantitative estimate of drug-likeness (QED) is 0.896. The maximum atomic E-state index is 12.9. The van der Waals surface area contributed by atoms with Gasteiger partial charge in [0.1, 0.15) is 0 Å². The standard InChI is InChI=1S/C17H17F3N2O/c1-2-22(13-8-4-3-5-9-13)12-16(23)21-15-11-7-6-10-14(15)17(18,19)20/h3-11H,2,12H2,1H3,(H,21,23). The Morgan fingerprint density at radius 1 is 1.04 bits per heavy atom. The number of benzene rings is 2. The van der Waals surface area contributed by atoms with E-state index in [-0.39, 0.29) is 12.2 Å². The van der Waals surface area contributed by atoms with Gasteiger partial charge in [-0.25, -0.2) is 0 Å². The minimum atomic E-state index is -4.51. The number of amides is 1. The van der Waals surface area contributed by atoms with Crippen molar-refractivity contribution in [2.45, 2.75) is 13.1 Å². The van der Waals surface area contributed by atoms with Gasteiger partial charge >= 0.3 is 6.18 Å². The minimum absolute atomic E-state index is 0.0211. The number of nitrogens with zero attached hydrogens (tertiary/aromatic N) is 1. The van der Waals surface area contributed by atoms with Crippen molar-refractivity contribution in [1.82, 2.24) is 0 Å². The maximum absolute atomic E-state index is 12.9. The highest BCUT2D eigenvalue weighted by atomic mass is 19.4. The molecule has 6 heteroatoms. The second-order valence-corrected chi connectivity index (χ2v) is 4.94. The first-order valence-electron chi connectivity index (χ1n) is 7.18. The minimum Gasteiger partial charge on any atom is -0.362 e. The average Bonchev–Trinajstić information content (AvgIpc) is 2.53. The largest absolute Gasteiger partial charge is 0.418 e. The van der Waals surface area contributed by atoms with Gasteiger partial charge in [0.2, 0.25) is 5.91 Å². The third-order valence-electron chi connectivity index (χ3n) is 3.34. The van der Waals surface area contributed by atoms with E-state index in [2.05, 4.69) is 5.32 Å². The Morgan fingerprint density at radius 2 is 1.65 bits per heavy atom. The Morgan fingerprint density at radius 3 is 2.26 bits per heavy atom. The van der Waals surface area contributed by atoms with Crippen molar-refractivity contribution in [3.8, 4) is 0 Å². The molecular weight excluding hydrogens is 305 g/mol. The van der Waals surface area contributed by atoms with E-state index < -0.39 is 17.6 Å². The number of likely N-dealkylation sites (N-methyl/N-ethyl adjacent to an activating group) is 1. The maximum Gasteiger partial charge on any atom is 0.418 e. The molecule has 0 unspecified atom stereocenters. The molecule has 0 spiro atoms. The lowest BCUT2D eigenvalue weighted by molar-refractivity contribution is -0.137. The number of anilines is 2. The Labute approximate surface area is 132 Å². The number of carbonyl (C=O) groups excluding carboxylic acids is 1. The van der Waals surface area contributed by atoms with Crippen molar-refractivity contribution in [3.63, 3.8) is 0 Å². The normalized spacial score (nSPS) is 11.1. The molecule has 2 aromatic rings. The summed E-state index contributed by atoms with van der Waals surface area (Å²) in [5.41, 5.74) is -0.237. The lowest BCUT2D eigenvalue weighted by atomic mass is 10.1. The summed E-state index contributed by atoms with van der Waals surface area (Å²) in [5.74, 6) is -0.493. The van der Waals surface area contributed by atoms with Crippen molar-refractivity contribution < 1.29 is 18.0 Å². The molecule has 0 heterocycles. The molecule has 0 bridgehead atoms. The molecule has 1 N–H and O–H groups in total. The molecule has 0 aliphatic rings. The van der Waals surface area contributed by atoms with E-state index in [1.165, 1.54) is 18.2 Å². The summed E-state index contributed by atoms with van der Waals surface area (Å²) in [5, 5.41) is 2.35. The molecule has 0 radical (unpaired) electrons. The second kappa shape index (κ2) is 7.17. The van der Waals surface area contributed by atoms with Crippen LogP contribution in [0.1, 0.15) is 12.5 Å². The Bertz CT molecular complexity index is 656. The number of rotatable bonds is 5. The summed E-state index contributed by atoms with van der Waals surface area (Å²) < 4.78 is 38.8. The molecule has 0 fully saturated rings. The number of hydrogen-bond donors (Lipinski definition) is 1. The molecule has 0 aliphatic carbocycles. The highest BCUT2D eigenvalue weighted by Crippen LogP contribution is 2.34. The molecule has 3 nitrogen and oxygen atoms in total. The first-order chi connectivity index (χ1) is 10.9. The first-order valence-corrected chi connectivity index (χ1v) is 7.18. The highest BCUT2D eigenvalue weighted by Gasteiger charge is 2.33. The molecule has 2 rings (SSSR count). The Kier molecular flexibility index (Phi) is 5.26. The predicted molar refractivity (Wildman–Crippen MR) is 84.4 cm³/mol. The van der Waals surface area contributed by atoms with Gasteiger partial charge in [0.15, 0.2) is 0 Å². The molecule has 23 heavy (non-hydrogen) atoms. The lowest BCUT2D eigenvalue weighted by Gasteiger charge is -2.23. The van der Waals surface area contributed by atoms with Crippen LogP contribution in [0.15, 0.2) is 54.6 Å². The molecular formula is C17H17F3N2O. The van der Waals surface area contributed by atoms with Crippen LogP contribution in [-0.4, -0.2) is 19.0 Å². The Hall–Kier alpha value is -2.50. The van der Waals surface area contributed by atoms with Gasteiger partial charge in [-0.3, -0.25) is 4.79 Å². The highest BCUT2D eigenvalue weighted by molar-refractivity contribution is 5.94. The van der Waals surface area contributed by atoms with E-state index in [9.17, 15) is 18.0 Å². The van der Waals surface area contributed by atoms with Crippen LogP contribution in [0.2, 0.25) is 0 Å². The third kappa shape index (κ3) is 4.48. The summed E-state index contributed by atoms with van der Waals surface area (Å²) in [6, 6.07) is 14.2. The fourth-order valence-electron chi connectivity index (χ4n) is 2.23. The zero-order valence-electron chi connectivity index (χ0n) is 12.6. The van der Waals surface area contributed by atoms with E-state index >= 15 is 0 Å². The number of alkyl halides is 3. The zero-order valence-corrected chi connectivity index (χ0v) is 12.6. The molecule has 0 atom stereocenters. The summed E-state index contributed by atoms with van der Waals surface area (Å²) >= 11 is 0. The summed E-state index contributed by atoms with van der Waals surface area (Å²) in [4.78, 5) is 13.9. The average molecular weight is 322 g/mol. The Balaban J connectivity index is 2.11. The van der Waals surface area contributed by atoms with Crippen molar-refractivity contribution in [2.24, 2.45) is 0 Å². The van der Waals surface area contributed by atoms with Gasteiger partial charge in [0, 0.05) is 12.2 Å². The van der Waals surface area contributed by atoms with Gasteiger partial charge in [-0.05, 0) is 31.2 Å². The van der Waals surface area contributed by atoms with Crippen LogP contribution in [0.4, 0.5) is 24.5 Å². The lowest BCUT2D eigenvalue weighted by Crippen LogP contribution is -2.33. The van der Waals surface area contributed by atoms with E-state index in [0.717, 1.165) is 11.8 Å². The first kappa shape index (κ1) is 16.9. The number of hydrogen-bond acceptors (Lipinski definition) is 2. The van der Waals surface area contributed by atoms with Crippen LogP contribution in [0.3, 0.4) is 0 Å². The van der Waals surface area contributed by atoms with Gasteiger partial charge < -0.3 is 10.2 Å². The molecule has 1 amide bonds. The van der Waals surface area contributed by atoms with Crippen LogP contribution < -0.4 is 10.2 Å². The van der Waals surface area contributed by atoms with Crippen LogP contribution in [-0.2, 0) is 11.0 Å². The van der Waals surface area contributed by atoms with Crippen LogP contribution in [0, 0.1) is 0 Å². The van der Waals surface area contributed by atoms with Gasteiger partial charge in [0.25, 0.3) is 0 Å². The number of carbonyl (C=O) groups is 1. The SMILES string of the molecule is CCN(CC(=O)Nc1ccccc1C(F)(F)F)c1ccccc1. The van der Waals surface area contributed by atoms with Crippen LogP contribution in [0.25, 0.3) is 0 Å². The van der Waals surface area contributed by atoms with Gasteiger partial charge in [-0.1, -0.05) is 30.3 Å². The van der Waals surface area contributed by atoms with Gasteiger partial charge in [0.05, 0.1) is 17.8 Å². The monoisotopic (exact) mass is 322 g/mol. The van der Waals surface area contributed by atoms with Crippen LogP contribution in [0.5, 0.6) is 0 Å². The molecule has 0 saturated carbocycles. The van der Waals surface area contributed by atoms with E-state index in [0.29, 0.717) is 6.54 Å².